The molecule has 1 N–H and O–H groups in total. The highest BCUT2D eigenvalue weighted by Gasteiger charge is 2.45. The fourth-order valence-electron chi connectivity index (χ4n) is 4.23. The minimum atomic E-state index is 0.0972. The summed E-state index contributed by atoms with van der Waals surface area (Å²) in [5.41, 5.74) is 1.95. The Morgan fingerprint density at radius 1 is 1.10 bits per heavy atom. The Bertz CT molecular complexity index is 436. The molecule has 2 nitrogen and oxygen atoms in total. The Hall–Kier alpha value is -0.860. The first-order valence-electron chi connectivity index (χ1n) is 8.24. The zero-order valence-electron chi connectivity index (χ0n) is 13.0. The number of benzene rings is 1. The van der Waals surface area contributed by atoms with E-state index in [9.17, 15) is 0 Å². The van der Waals surface area contributed by atoms with Crippen LogP contribution in [0, 0.1) is 0 Å². The predicted octanol–water partition coefficient (Wildman–Crippen LogP) is 3.53. The van der Waals surface area contributed by atoms with Crippen LogP contribution in [0.2, 0.25) is 0 Å². The number of likely N-dealkylation sites (N-methyl/N-ethyl adjacent to an activating group) is 1. The van der Waals surface area contributed by atoms with E-state index >= 15 is 0 Å². The van der Waals surface area contributed by atoms with E-state index in [4.69, 9.17) is 0 Å². The second kappa shape index (κ2) is 5.50. The normalized spacial score (nSPS) is 30.5. The van der Waals surface area contributed by atoms with Crippen molar-refractivity contribution in [3.63, 3.8) is 0 Å². The molecule has 2 heteroatoms. The van der Waals surface area contributed by atoms with Crippen LogP contribution in [0.5, 0.6) is 0 Å². The van der Waals surface area contributed by atoms with Gasteiger partial charge in [-0.3, -0.25) is 4.90 Å². The molecule has 1 atom stereocenters. The van der Waals surface area contributed by atoms with Gasteiger partial charge in [-0.2, -0.15) is 0 Å². The molecule has 1 aromatic carbocycles. The zero-order valence-corrected chi connectivity index (χ0v) is 13.0. The van der Waals surface area contributed by atoms with Crippen LogP contribution in [-0.2, 0) is 5.54 Å². The topological polar surface area (TPSA) is 15.3 Å². The van der Waals surface area contributed by atoms with E-state index in [1.54, 1.807) is 0 Å². The molecule has 1 aliphatic carbocycles. The summed E-state index contributed by atoms with van der Waals surface area (Å²) in [6.45, 7) is 8.14. The van der Waals surface area contributed by atoms with Gasteiger partial charge in [0.1, 0.15) is 0 Å². The maximum Gasteiger partial charge on any atom is 0.0535 e. The van der Waals surface area contributed by atoms with Crippen LogP contribution in [0.1, 0.15) is 51.5 Å². The average molecular weight is 272 g/mol. The molecule has 20 heavy (non-hydrogen) atoms. The molecule has 1 aliphatic heterocycles. The molecule has 1 saturated carbocycles. The molecule has 3 rings (SSSR count). The van der Waals surface area contributed by atoms with Crippen LogP contribution < -0.4 is 5.32 Å². The van der Waals surface area contributed by atoms with Gasteiger partial charge in [-0.05, 0) is 31.9 Å². The van der Waals surface area contributed by atoms with Crippen LogP contribution in [0.25, 0.3) is 0 Å². The van der Waals surface area contributed by atoms with Gasteiger partial charge in [-0.25, -0.2) is 0 Å². The highest BCUT2D eigenvalue weighted by atomic mass is 15.3. The van der Waals surface area contributed by atoms with Crippen LogP contribution in [0.4, 0.5) is 0 Å². The Kier molecular flexibility index (Phi) is 3.87. The van der Waals surface area contributed by atoms with Gasteiger partial charge in [0.05, 0.1) is 5.54 Å². The molecule has 0 radical (unpaired) electrons. The van der Waals surface area contributed by atoms with Crippen molar-refractivity contribution >= 4 is 0 Å². The first-order chi connectivity index (χ1) is 9.69. The summed E-state index contributed by atoms with van der Waals surface area (Å²) in [4.78, 5) is 2.76. The highest BCUT2D eigenvalue weighted by molar-refractivity contribution is 5.26. The number of nitrogens with one attached hydrogen (secondary N) is 1. The summed E-state index contributed by atoms with van der Waals surface area (Å²) < 4.78 is 0. The third kappa shape index (κ3) is 2.40. The molecule has 1 aromatic rings. The summed E-state index contributed by atoms with van der Waals surface area (Å²) in [6.07, 6.45) is 6.98. The van der Waals surface area contributed by atoms with Crippen LogP contribution in [0.3, 0.4) is 0 Å². The molecular formula is C18H28N2. The van der Waals surface area contributed by atoms with E-state index in [-0.39, 0.29) is 5.54 Å². The predicted molar refractivity (Wildman–Crippen MR) is 84.9 cm³/mol. The summed E-state index contributed by atoms with van der Waals surface area (Å²) in [5.74, 6) is 0. The van der Waals surface area contributed by atoms with Gasteiger partial charge < -0.3 is 5.32 Å². The lowest BCUT2D eigenvalue weighted by molar-refractivity contribution is -0.0122. The summed E-state index contributed by atoms with van der Waals surface area (Å²) >= 11 is 0. The minimum absolute atomic E-state index is 0.0972. The van der Waals surface area contributed by atoms with Gasteiger partial charge in [0.2, 0.25) is 0 Å². The molecular weight excluding hydrogens is 244 g/mol. The molecule has 110 valence electrons. The van der Waals surface area contributed by atoms with Gasteiger partial charge in [0, 0.05) is 18.6 Å². The molecule has 1 spiro atoms. The lowest BCUT2D eigenvalue weighted by atomic mass is 9.75. The maximum atomic E-state index is 3.89. The van der Waals surface area contributed by atoms with Crippen molar-refractivity contribution in [1.29, 1.82) is 0 Å². The standard InChI is InChI=1S/C18H28N2/c1-3-20-15-17(2,16-10-6-4-7-11-16)19-14-18(20)12-8-5-9-13-18/h4,6-7,10-11,19H,3,5,8-9,12-15H2,1-2H3. The van der Waals surface area contributed by atoms with Gasteiger partial charge in [-0.1, -0.05) is 56.5 Å². The molecule has 0 aromatic heterocycles. The van der Waals surface area contributed by atoms with E-state index in [1.807, 2.05) is 0 Å². The molecule has 2 aliphatic rings. The third-order valence-electron chi connectivity index (χ3n) is 5.56. The number of hydrogen-bond acceptors (Lipinski definition) is 2. The van der Waals surface area contributed by atoms with E-state index in [1.165, 1.54) is 44.2 Å². The van der Waals surface area contributed by atoms with Gasteiger partial charge >= 0.3 is 0 Å². The lowest BCUT2D eigenvalue weighted by Crippen LogP contribution is -2.68. The van der Waals surface area contributed by atoms with Crippen molar-refractivity contribution in [2.45, 2.75) is 57.0 Å². The Morgan fingerprint density at radius 2 is 1.80 bits per heavy atom. The Balaban J connectivity index is 1.83. The summed E-state index contributed by atoms with van der Waals surface area (Å²) in [7, 11) is 0. The van der Waals surface area contributed by atoms with Crippen molar-refractivity contribution in [2.24, 2.45) is 0 Å². The quantitative estimate of drug-likeness (QED) is 0.886. The van der Waals surface area contributed by atoms with Crippen molar-refractivity contribution in [3.8, 4) is 0 Å². The maximum absolute atomic E-state index is 3.89. The molecule has 0 bridgehead atoms. The SMILES string of the molecule is CCN1CC(C)(c2ccccc2)NCC12CCCCC2. The lowest BCUT2D eigenvalue weighted by Gasteiger charge is -2.55. The van der Waals surface area contributed by atoms with Crippen LogP contribution in [-0.4, -0.2) is 30.1 Å². The number of piperazine rings is 1. The number of hydrogen-bond donors (Lipinski definition) is 1. The summed E-state index contributed by atoms with van der Waals surface area (Å²) in [5, 5.41) is 3.89. The molecule has 0 amide bonds. The second-order valence-electron chi connectivity index (χ2n) is 6.85. The first-order valence-corrected chi connectivity index (χ1v) is 8.24. The minimum Gasteiger partial charge on any atom is -0.305 e. The van der Waals surface area contributed by atoms with Crippen molar-refractivity contribution in [3.05, 3.63) is 35.9 Å². The second-order valence-corrected chi connectivity index (χ2v) is 6.85. The average Bonchev–Trinajstić information content (AvgIpc) is 2.52. The fourth-order valence-corrected chi connectivity index (χ4v) is 4.23. The Morgan fingerprint density at radius 3 is 2.45 bits per heavy atom. The number of rotatable bonds is 2. The molecule has 1 saturated heterocycles. The van der Waals surface area contributed by atoms with Gasteiger partial charge in [0.25, 0.3) is 0 Å². The largest absolute Gasteiger partial charge is 0.305 e. The van der Waals surface area contributed by atoms with E-state index in [0.29, 0.717) is 5.54 Å². The van der Waals surface area contributed by atoms with E-state index in [2.05, 4.69) is 54.4 Å². The number of nitrogens with zero attached hydrogens (tertiary/aromatic N) is 1. The van der Waals surface area contributed by atoms with E-state index in [0.717, 1.165) is 13.1 Å². The molecule has 1 unspecified atom stereocenters. The van der Waals surface area contributed by atoms with Gasteiger partial charge in [0.15, 0.2) is 0 Å². The Labute approximate surface area is 123 Å². The van der Waals surface area contributed by atoms with Crippen LogP contribution >= 0.6 is 0 Å². The van der Waals surface area contributed by atoms with Crippen molar-refractivity contribution in [1.82, 2.24) is 10.2 Å². The monoisotopic (exact) mass is 272 g/mol. The van der Waals surface area contributed by atoms with Crippen molar-refractivity contribution < 1.29 is 0 Å². The third-order valence-corrected chi connectivity index (χ3v) is 5.56. The smallest absolute Gasteiger partial charge is 0.0535 e. The molecule has 1 heterocycles. The van der Waals surface area contributed by atoms with Crippen molar-refractivity contribution in [2.75, 3.05) is 19.6 Å². The van der Waals surface area contributed by atoms with E-state index < -0.39 is 0 Å². The highest BCUT2D eigenvalue weighted by Crippen LogP contribution is 2.39. The zero-order chi connectivity index (χ0) is 14.1. The first kappa shape index (κ1) is 14.1. The van der Waals surface area contributed by atoms with Crippen LogP contribution in [0.15, 0.2) is 30.3 Å². The summed E-state index contributed by atoms with van der Waals surface area (Å²) in [6, 6.07) is 10.9. The van der Waals surface area contributed by atoms with Gasteiger partial charge in [-0.15, -0.1) is 0 Å². The fraction of sp³-hybridized carbons (Fsp3) is 0.667. The molecule has 2 fully saturated rings.